The Labute approximate surface area is 126 Å². The average molecular weight is 310 g/mol. The van der Waals surface area contributed by atoms with Crippen LogP contribution in [-0.4, -0.2) is 26.7 Å². The Kier molecular flexibility index (Phi) is 6.34. The van der Waals surface area contributed by atoms with Crippen molar-refractivity contribution in [2.45, 2.75) is 38.0 Å². The number of nitrogens with one attached hydrogen (secondary N) is 1. The van der Waals surface area contributed by atoms with Gasteiger partial charge < -0.3 is 5.11 Å². The van der Waals surface area contributed by atoms with Crippen molar-refractivity contribution in [3.63, 3.8) is 0 Å². The van der Waals surface area contributed by atoms with Gasteiger partial charge in [-0.25, -0.2) is 13.1 Å². The normalized spacial score (nSPS) is 12.1. The summed E-state index contributed by atoms with van der Waals surface area (Å²) in [7, 11) is -3.65. The van der Waals surface area contributed by atoms with Crippen molar-refractivity contribution in [3.8, 4) is 6.07 Å². The van der Waals surface area contributed by atoms with Crippen LogP contribution < -0.4 is 4.72 Å². The van der Waals surface area contributed by atoms with E-state index in [1.807, 2.05) is 19.9 Å². The first-order valence-corrected chi connectivity index (χ1v) is 8.52. The highest BCUT2D eigenvalue weighted by atomic mass is 32.2. The molecular formula is C15H22N2O3S. The Morgan fingerprint density at radius 1 is 1.33 bits per heavy atom. The maximum atomic E-state index is 12.3. The van der Waals surface area contributed by atoms with Gasteiger partial charge in [-0.05, 0) is 42.9 Å². The molecule has 0 aliphatic carbocycles. The lowest BCUT2D eigenvalue weighted by Crippen LogP contribution is -2.37. The summed E-state index contributed by atoms with van der Waals surface area (Å²) in [5, 5.41) is 18.0. The van der Waals surface area contributed by atoms with Crippen molar-refractivity contribution in [1.29, 1.82) is 5.26 Å². The summed E-state index contributed by atoms with van der Waals surface area (Å²) in [6.07, 6.45) is 2.12. The minimum atomic E-state index is -3.65. The molecule has 1 aromatic rings. The molecule has 0 aromatic heterocycles. The fourth-order valence-corrected chi connectivity index (χ4v) is 3.45. The molecule has 0 radical (unpaired) electrons. The molecule has 1 rings (SSSR count). The minimum absolute atomic E-state index is 0.0350. The van der Waals surface area contributed by atoms with E-state index in [9.17, 15) is 8.42 Å². The van der Waals surface area contributed by atoms with Gasteiger partial charge in [0.2, 0.25) is 10.0 Å². The van der Waals surface area contributed by atoms with Crippen LogP contribution in [0.25, 0.3) is 0 Å². The Morgan fingerprint density at radius 3 is 2.52 bits per heavy atom. The van der Waals surface area contributed by atoms with Gasteiger partial charge in [-0.2, -0.15) is 5.26 Å². The molecule has 1 aromatic carbocycles. The number of nitriles is 1. The third kappa shape index (κ3) is 4.53. The average Bonchev–Trinajstić information content (AvgIpc) is 2.51. The number of hydrogen-bond acceptors (Lipinski definition) is 4. The maximum Gasteiger partial charge on any atom is 0.240 e. The van der Waals surface area contributed by atoms with Crippen molar-refractivity contribution in [1.82, 2.24) is 4.72 Å². The lowest BCUT2D eigenvalue weighted by Gasteiger charge is -2.31. The predicted molar refractivity (Wildman–Crippen MR) is 81.1 cm³/mol. The van der Waals surface area contributed by atoms with Crippen LogP contribution in [0.1, 0.15) is 38.7 Å². The highest BCUT2D eigenvalue weighted by Gasteiger charge is 2.28. The lowest BCUT2D eigenvalue weighted by molar-refractivity contribution is 0.170. The highest BCUT2D eigenvalue weighted by Crippen LogP contribution is 2.30. The minimum Gasteiger partial charge on any atom is -0.396 e. The first-order chi connectivity index (χ1) is 9.93. The van der Waals surface area contributed by atoms with Crippen molar-refractivity contribution in [2.75, 3.05) is 13.2 Å². The SMILES string of the molecule is CCC(CC)(CCO)CNS(=O)(=O)c1cccc(C#N)c1. The van der Waals surface area contributed by atoms with E-state index >= 15 is 0 Å². The van der Waals surface area contributed by atoms with Crippen molar-refractivity contribution in [3.05, 3.63) is 29.8 Å². The Hall–Kier alpha value is -1.42. The molecule has 2 N–H and O–H groups in total. The molecule has 0 amide bonds. The number of sulfonamides is 1. The summed E-state index contributed by atoms with van der Waals surface area (Å²) in [5.41, 5.74) is 0.0692. The van der Waals surface area contributed by atoms with Gasteiger partial charge in [0, 0.05) is 13.2 Å². The smallest absolute Gasteiger partial charge is 0.240 e. The van der Waals surface area contributed by atoms with Crippen LogP contribution in [0, 0.1) is 16.7 Å². The molecule has 0 heterocycles. The number of nitrogens with zero attached hydrogens (tertiary/aromatic N) is 1. The Balaban J connectivity index is 2.92. The number of rotatable bonds is 8. The van der Waals surface area contributed by atoms with Crippen LogP contribution in [0.4, 0.5) is 0 Å². The van der Waals surface area contributed by atoms with E-state index in [4.69, 9.17) is 10.4 Å². The van der Waals surface area contributed by atoms with Crippen LogP contribution in [0.15, 0.2) is 29.2 Å². The molecule has 21 heavy (non-hydrogen) atoms. The highest BCUT2D eigenvalue weighted by molar-refractivity contribution is 7.89. The first kappa shape index (κ1) is 17.6. The number of aliphatic hydroxyl groups is 1. The van der Waals surface area contributed by atoms with Gasteiger partial charge in [-0.3, -0.25) is 0 Å². The fraction of sp³-hybridized carbons (Fsp3) is 0.533. The van der Waals surface area contributed by atoms with Gasteiger partial charge in [-0.1, -0.05) is 19.9 Å². The summed E-state index contributed by atoms with van der Waals surface area (Å²) in [4.78, 5) is 0.0895. The standard InChI is InChI=1S/C15H22N2O3S/c1-3-15(4-2,8-9-18)12-17-21(19,20)14-7-5-6-13(10-14)11-16/h5-7,10,17-18H,3-4,8-9,12H2,1-2H3. The zero-order valence-corrected chi connectivity index (χ0v) is 13.3. The van der Waals surface area contributed by atoms with Crippen molar-refractivity contribution >= 4 is 10.0 Å². The Morgan fingerprint density at radius 2 is 2.00 bits per heavy atom. The van der Waals surface area contributed by atoms with Gasteiger partial charge in [-0.15, -0.1) is 0 Å². The molecule has 116 valence electrons. The van der Waals surface area contributed by atoms with Crippen LogP contribution in [-0.2, 0) is 10.0 Å². The summed E-state index contributed by atoms with van der Waals surface area (Å²) < 4.78 is 27.2. The molecule has 0 saturated heterocycles. The third-order valence-electron chi connectivity index (χ3n) is 4.05. The molecule has 0 spiro atoms. The molecule has 0 atom stereocenters. The van der Waals surface area contributed by atoms with Crippen LogP contribution in [0.5, 0.6) is 0 Å². The quantitative estimate of drug-likeness (QED) is 0.768. The van der Waals surface area contributed by atoms with Gasteiger partial charge in [0.1, 0.15) is 0 Å². The van der Waals surface area contributed by atoms with E-state index < -0.39 is 10.0 Å². The summed E-state index contributed by atoms with van der Waals surface area (Å²) in [6, 6.07) is 7.86. The Bertz CT molecular complexity index is 602. The fourth-order valence-electron chi connectivity index (χ4n) is 2.24. The molecule has 0 aliphatic heterocycles. The van der Waals surface area contributed by atoms with E-state index in [0.29, 0.717) is 12.0 Å². The number of hydrogen-bond donors (Lipinski definition) is 2. The molecule has 6 heteroatoms. The van der Waals surface area contributed by atoms with E-state index in [-0.39, 0.29) is 23.5 Å². The molecule has 0 fully saturated rings. The molecule has 0 unspecified atom stereocenters. The number of aliphatic hydroxyl groups excluding tert-OH is 1. The summed E-state index contributed by atoms with van der Waals surface area (Å²) >= 11 is 0. The van der Waals surface area contributed by atoms with E-state index in [0.717, 1.165) is 12.8 Å². The van der Waals surface area contributed by atoms with E-state index in [1.54, 1.807) is 12.1 Å². The van der Waals surface area contributed by atoms with Crippen LogP contribution in [0.3, 0.4) is 0 Å². The topological polar surface area (TPSA) is 90.2 Å². The predicted octanol–water partition coefficient (Wildman–Crippen LogP) is 2.03. The number of benzene rings is 1. The molecule has 0 saturated carbocycles. The van der Waals surface area contributed by atoms with Crippen LogP contribution >= 0.6 is 0 Å². The second-order valence-electron chi connectivity index (χ2n) is 5.14. The maximum absolute atomic E-state index is 12.3. The zero-order valence-electron chi connectivity index (χ0n) is 12.5. The van der Waals surface area contributed by atoms with Gasteiger partial charge in [0.25, 0.3) is 0 Å². The van der Waals surface area contributed by atoms with Crippen molar-refractivity contribution in [2.24, 2.45) is 5.41 Å². The monoisotopic (exact) mass is 310 g/mol. The second kappa shape index (κ2) is 7.55. The van der Waals surface area contributed by atoms with Gasteiger partial charge in [0.15, 0.2) is 0 Å². The van der Waals surface area contributed by atoms with Gasteiger partial charge in [0.05, 0.1) is 16.5 Å². The van der Waals surface area contributed by atoms with E-state index in [1.165, 1.54) is 12.1 Å². The molecule has 0 aliphatic rings. The second-order valence-corrected chi connectivity index (χ2v) is 6.91. The largest absolute Gasteiger partial charge is 0.396 e. The van der Waals surface area contributed by atoms with Crippen LogP contribution in [0.2, 0.25) is 0 Å². The van der Waals surface area contributed by atoms with Gasteiger partial charge >= 0.3 is 0 Å². The summed E-state index contributed by atoms with van der Waals surface area (Å²) in [5.74, 6) is 0. The lowest BCUT2D eigenvalue weighted by atomic mass is 9.80. The van der Waals surface area contributed by atoms with Crippen molar-refractivity contribution < 1.29 is 13.5 Å². The molecule has 5 nitrogen and oxygen atoms in total. The molecular weight excluding hydrogens is 288 g/mol. The summed E-state index contributed by atoms with van der Waals surface area (Å²) in [6.45, 7) is 4.29. The first-order valence-electron chi connectivity index (χ1n) is 7.03. The zero-order chi connectivity index (χ0) is 15.9. The third-order valence-corrected chi connectivity index (χ3v) is 5.45. The molecule has 0 bridgehead atoms. The van der Waals surface area contributed by atoms with E-state index in [2.05, 4.69) is 4.72 Å².